The van der Waals surface area contributed by atoms with E-state index in [4.69, 9.17) is 18.0 Å². The molecule has 0 aromatic heterocycles. The molecule has 20 heavy (non-hydrogen) atoms. The lowest BCUT2D eigenvalue weighted by Gasteiger charge is -2.18. The number of rotatable bonds is 6. The molecule has 0 fully saturated rings. The van der Waals surface area contributed by atoms with E-state index < -0.39 is 0 Å². The highest BCUT2D eigenvalue weighted by molar-refractivity contribution is 7.80. The van der Waals surface area contributed by atoms with Gasteiger partial charge < -0.3 is 11.1 Å². The second-order valence-corrected chi connectivity index (χ2v) is 5.50. The van der Waals surface area contributed by atoms with Crippen LogP contribution in [0.2, 0.25) is 0 Å². The summed E-state index contributed by atoms with van der Waals surface area (Å²) in [7, 11) is 1.76. The summed E-state index contributed by atoms with van der Waals surface area (Å²) in [6.45, 7) is 4.30. The minimum Gasteiger partial charge on any atom is -0.389 e. The average molecular weight is 297 g/mol. The molecule has 0 saturated heterocycles. The molecule has 1 aromatic carbocycles. The molecule has 1 aromatic rings. The minimum atomic E-state index is -0.332. The van der Waals surface area contributed by atoms with Gasteiger partial charge in [0, 0.05) is 23.7 Å². The van der Waals surface area contributed by atoms with E-state index in [9.17, 15) is 9.18 Å². The number of likely N-dealkylation sites (N-methyl/N-ethyl adjacent to an activating group) is 1. The summed E-state index contributed by atoms with van der Waals surface area (Å²) in [5, 5.41) is 2.79. The lowest BCUT2D eigenvalue weighted by atomic mass is 10.1. The average Bonchev–Trinajstić information content (AvgIpc) is 2.30. The lowest BCUT2D eigenvalue weighted by Crippen LogP contribution is -2.38. The van der Waals surface area contributed by atoms with E-state index >= 15 is 0 Å². The van der Waals surface area contributed by atoms with Crippen LogP contribution in [0.4, 0.5) is 4.39 Å². The number of carbonyl (C=O) groups is 1. The molecule has 1 amide bonds. The third kappa shape index (κ3) is 5.22. The SMILES string of the molecule is CC(C)NC(=O)CN(C)Cc1cc(C(N)=S)ccc1F. The van der Waals surface area contributed by atoms with Gasteiger partial charge in [-0.15, -0.1) is 0 Å². The smallest absolute Gasteiger partial charge is 0.234 e. The number of hydrogen-bond acceptors (Lipinski definition) is 3. The third-order valence-corrected chi connectivity index (χ3v) is 2.87. The quantitative estimate of drug-likeness (QED) is 0.780. The Morgan fingerprint density at radius 2 is 2.15 bits per heavy atom. The van der Waals surface area contributed by atoms with Crippen molar-refractivity contribution in [3.63, 3.8) is 0 Å². The van der Waals surface area contributed by atoms with Gasteiger partial charge in [0.15, 0.2) is 0 Å². The van der Waals surface area contributed by atoms with Gasteiger partial charge in [-0.2, -0.15) is 0 Å². The molecule has 110 valence electrons. The number of halogens is 1. The van der Waals surface area contributed by atoms with E-state index in [-0.39, 0.29) is 29.3 Å². The van der Waals surface area contributed by atoms with E-state index in [1.165, 1.54) is 6.07 Å². The molecule has 0 aliphatic heterocycles. The van der Waals surface area contributed by atoms with E-state index in [2.05, 4.69) is 5.32 Å². The van der Waals surface area contributed by atoms with Gasteiger partial charge in [-0.25, -0.2) is 4.39 Å². The number of benzene rings is 1. The molecule has 0 bridgehead atoms. The first-order valence-electron chi connectivity index (χ1n) is 6.35. The first kappa shape index (κ1) is 16.5. The molecule has 0 spiro atoms. The van der Waals surface area contributed by atoms with Crippen molar-refractivity contribution in [1.82, 2.24) is 10.2 Å². The Morgan fingerprint density at radius 1 is 1.50 bits per heavy atom. The molecule has 1 rings (SSSR count). The highest BCUT2D eigenvalue weighted by atomic mass is 32.1. The first-order valence-corrected chi connectivity index (χ1v) is 6.76. The summed E-state index contributed by atoms with van der Waals surface area (Å²) in [6.07, 6.45) is 0. The number of hydrogen-bond donors (Lipinski definition) is 2. The van der Waals surface area contributed by atoms with Gasteiger partial charge >= 0.3 is 0 Å². The number of nitrogens with zero attached hydrogens (tertiary/aromatic N) is 1. The standard InChI is InChI=1S/C14H20FN3OS/c1-9(2)17-13(19)8-18(3)7-11-6-10(14(16)20)4-5-12(11)15/h4-6,9H,7-8H2,1-3H3,(H2,16,20)(H,17,19). The second kappa shape index (κ2) is 7.31. The number of nitrogens with one attached hydrogen (secondary N) is 1. The van der Waals surface area contributed by atoms with Crippen LogP contribution in [0.3, 0.4) is 0 Å². The monoisotopic (exact) mass is 297 g/mol. The molecule has 0 aliphatic rings. The summed E-state index contributed by atoms with van der Waals surface area (Å²) in [5.41, 5.74) is 6.62. The van der Waals surface area contributed by atoms with E-state index in [1.807, 2.05) is 13.8 Å². The maximum absolute atomic E-state index is 13.7. The van der Waals surface area contributed by atoms with Crippen LogP contribution in [-0.2, 0) is 11.3 Å². The van der Waals surface area contributed by atoms with Crippen LogP contribution in [-0.4, -0.2) is 35.4 Å². The lowest BCUT2D eigenvalue weighted by molar-refractivity contribution is -0.122. The van der Waals surface area contributed by atoms with Crippen LogP contribution >= 0.6 is 12.2 Å². The molecule has 3 N–H and O–H groups in total. The van der Waals surface area contributed by atoms with Crippen LogP contribution in [0.15, 0.2) is 18.2 Å². The van der Waals surface area contributed by atoms with Gasteiger partial charge in [0.25, 0.3) is 0 Å². The minimum absolute atomic E-state index is 0.0885. The molecule has 4 nitrogen and oxygen atoms in total. The predicted molar refractivity (Wildman–Crippen MR) is 81.9 cm³/mol. The van der Waals surface area contributed by atoms with Gasteiger partial charge in [0.2, 0.25) is 5.91 Å². The highest BCUT2D eigenvalue weighted by Gasteiger charge is 2.11. The molecule has 0 atom stereocenters. The van der Waals surface area contributed by atoms with Crippen molar-refractivity contribution in [3.8, 4) is 0 Å². The largest absolute Gasteiger partial charge is 0.389 e. The normalized spacial score (nSPS) is 10.9. The Bertz CT molecular complexity index is 505. The van der Waals surface area contributed by atoms with Crippen LogP contribution in [0, 0.1) is 5.82 Å². The highest BCUT2D eigenvalue weighted by Crippen LogP contribution is 2.12. The molecular formula is C14H20FN3OS. The van der Waals surface area contributed by atoms with Crippen molar-refractivity contribution in [2.24, 2.45) is 5.73 Å². The Labute approximate surface area is 124 Å². The van der Waals surface area contributed by atoms with Crippen molar-refractivity contribution in [2.45, 2.75) is 26.4 Å². The number of thiocarbonyl (C=S) groups is 1. The van der Waals surface area contributed by atoms with Gasteiger partial charge in [-0.1, -0.05) is 12.2 Å². The Morgan fingerprint density at radius 3 is 2.70 bits per heavy atom. The van der Waals surface area contributed by atoms with Crippen molar-refractivity contribution in [2.75, 3.05) is 13.6 Å². The fraction of sp³-hybridized carbons (Fsp3) is 0.429. The van der Waals surface area contributed by atoms with Crippen LogP contribution in [0.25, 0.3) is 0 Å². The molecule has 0 unspecified atom stereocenters. The fourth-order valence-corrected chi connectivity index (χ4v) is 1.94. The molecule has 6 heteroatoms. The Balaban J connectivity index is 2.70. The van der Waals surface area contributed by atoms with Crippen molar-refractivity contribution < 1.29 is 9.18 Å². The summed E-state index contributed by atoms with van der Waals surface area (Å²) in [6, 6.07) is 4.60. The van der Waals surface area contributed by atoms with Crippen molar-refractivity contribution in [3.05, 3.63) is 35.1 Å². The zero-order valence-corrected chi connectivity index (χ0v) is 12.8. The van der Waals surface area contributed by atoms with Crippen LogP contribution in [0.5, 0.6) is 0 Å². The molecule has 0 radical (unpaired) electrons. The van der Waals surface area contributed by atoms with E-state index in [1.54, 1.807) is 24.1 Å². The maximum atomic E-state index is 13.7. The number of amides is 1. The molecular weight excluding hydrogens is 277 g/mol. The van der Waals surface area contributed by atoms with Gasteiger partial charge in [-0.05, 0) is 39.1 Å². The topological polar surface area (TPSA) is 58.4 Å². The maximum Gasteiger partial charge on any atom is 0.234 e. The summed E-state index contributed by atoms with van der Waals surface area (Å²) >= 11 is 4.87. The Kier molecular flexibility index (Phi) is 6.04. The second-order valence-electron chi connectivity index (χ2n) is 5.06. The van der Waals surface area contributed by atoms with Gasteiger partial charge in [-0.3, -0.25) is 9.69 Å². The first-order chi connectivity index (χ1) is 9.29. The third-order valence-electron chi connectivity index (χ3n) is 2.63. The van der Waals surface area contributed by atoms with E-state index in [0.717, 1.165) is 0 Å². The van der Waals surface area contributed by atoms with E-state index in [0.29, 0.717) is 17.7 Å². The summed E-state index contributed by atoms with van der Waals surface area (Å²) in [4.78, 5) is 13.6. The zero-order chi connectivity index (χ0) is 15.3. The molecule has 0 aliphatic carbocycles. The van der Waals surface area contributed by atoms with Gasteiger partial charge in [0.05, 0.1) is 6.54 Å². The van der Waals surface area contributed by atoms with Crippen LogP contribution in [0.1, 0.15) is 25.0 Å². The zero-order valence-electron chi connectivity index (χ0n) is 11.9. The fourth-order valence-electron chi connectivity index (χ4n) is 1.81. The predicted octanol–water partition coefficient (Wildman–Crippen LogP) is 1.42. The Hall–Kier alpha value is -1.53. The van der Waals surface area contributed by atoms with Crippen molar-refractivity contribution in [1.29, 1.82) is 0 Å². The summed E-state index contributed by atoms with van der Waals surface area (Å²) in [5.74, 6) is -0.422. The number of carbonyl (C=O) groups excluding carboxylic acids is 1. The number of nitrogens with two attached hydrogens (primary N) is 1. The molecule has 0 heterocycles. The van der Waals surface area contributed by atoms with Crippen molar-refractivity contribution >= 4 is 23.1 Å². The summed E-state index contributed by atoms with van der Waals surface area (Å²) < 4.78 is 13.7. The van der Waals surface area contributed by atoms with Crippen LogP contribution < -0.4 is 11.1 Å². The molecule has 0 saturated carbocycles. The van der Waals surface area contributed by atoms with Gasteiger partial charge in [0.1, 0.15) is 10.8 Å².